The molecule has 0 spiro atoms. The molecule has 1 aromatic carbocycles. The fourth-order valence-electron chi connectivity index (χ4n) is 1.93. The van der Waals surface area contributed by atoms with Crippen LogP contribution < -0.4 is 5.32 Å². The van der Waals surface area contributed by atoms with Crippen molar-refractivity contribution in [2.45, 2.75) is 20.8 Å². The van der Waals surface area contributed by atoms with Crippen LogP contribution in [0.3, 0.4) is 0 Å². The molecule has 0 unspecified atom stereocenters. The molecule has 0 saturated carbocycles. The number of anilines is 1. The number of aryl methyl sites for hydroxylation is 3. The zero-order valence-corrected chi connectivity index (χ0v) is 10.2. The quantitative estimate of drug-likeness (QED) is 0.834. The van der Waals surface area contributed by atoms with Crippen molar-refractivity contribution in [2.75, 3.05) is 12.4 Å². The molecule has 1 aromatic heterocycles. The Morgan fingerprint density at radius 3 is 2.56 bits per heavy atom. The third-order valence-corrected chi connectivity index (χ3v) is 2.66. The van der Waals surface area contributed by atoms with Crippen LogP contribution in [-0.4, -0.2) is 16.6 Å². The van der Waals surface area contributed by atoms with E-state index in [2.05, 4.69) is 46.9 Å². The summed E-state index contributed by atoms with van der Waals surface area (Å²) in [5.41, 5.74) is 4.73. The standard InChI is InChI=1S/C13H17N3/c1-9-5-6-12(10(2)7-9)16-8-11(3)15-13(16)14-4/h5-8H,1-4H3,(H,14,15). The molecular formula is C13H17N3. The summed E-state index contributed by atoms with van der Waals surface area (Å²) in [5.74, 6) is 0.879. The van der Waals surface area contributed by atoms with Crippen molar-refractivity contribution < 1.29 is 0 Å². The molecule has 0 atom stereocenters. The van der Waals surface area contributed by atoms with Gasteiger partial charge in [0.15, 0.2) is 0 Å². The third kappa shape index (κ3) is 1.81. The van der Waals surface area contributed by atoms with Gasteiger partial charge < -0.3 is 5.32 Å². The maximum atomic E-state index is 4.42. The van der Waals surface area contributed by atoms with Gasteiger partial charge in [-0.1, -0.05) is 17.7 Å². The zero-order chi connectivity index (χ0) is 11.7. The summed E-state index contributed by atoms with van der Waals surface area (Å²) in [6.45, 7) is 6.23. The van der Waals surface area contributed by atoms with Crippen LogP contribution in [0.1, 0.15) is 16.8 Å². The lowest BCUT2D eigenvalue weighted by atomic mass is 10.1. The summed E-state index contributed by atoms with van der Waals surface area (Å²) in [6, 6.07) is 6.44. The lowest BCUT2D eigenvalue weighted by Gasteiger charge is -2.10. The van der Waals surface area contributed by atoms with E-state index in [0.717, 1.165) is 11.6 Å². The number of imidazole rings is 1. The molecule has 1 N–H and O–H groups in total. The molecule has 0 aliphatic rings. The van der Waals surface area contributed by atoms with E-state index in [1.54, 1.807) is 0 Å². The molecule has 16 heavy (non-hydrogen) atoms. The van der Waals surface area contributed by atoms with E-state index < -0.39 is 0 Å². The topological polar surface area (TPSA) is 29.9 Å². The summed E-state index contributed by atoms with van der Waals surface area (Å²) < 4.78 is 2.09. The van der Waals surface area contributed by atoms with E-state index in [4.69, 9.17) is 0 Å². The molecule has 0 fully saturated rings. The van der Waals surface area contributed by atoms with Crippen LogP contribution in [0.4, 0.5) is 5.95 Å². The van der Waals surface area contributed by atoms with Gasteiger partial charge in [0.1, 0.15) is 0 Å². The molecule has 2 rings (SSSR count). The van der Waals surface area contributed by atoms with Crippen LogP contribution in [-0.2, 0) is 0 Å². The first-order chi connectivity index (χ1) is 7.61. The largest absolute Gasteiger partial charge is 0.358 e. The van der Waals surface area contributed by atoms with Crippen LogP contribution >= 0.6 is 0 Å². The Hall–Kier alpha value is -1.77. The van der Waals surface area contributed by atoms with Gasteiger partial charge in [0.2, 0.25) is 5.95 Å². The van der Waals surface area contributed by atoms with Gasteiger partial charge in [-0.15, -0.1) is 0 Å². The molecule has 84 valence electrons. The molecule has 3 nitrogen and oxygen atoms in total. The maximum absolute atomic E-state index is 4.42. The molecule has 0 saturated heterocycles. The Bertz CT molecular complexity index is 512. The SMILES string of the molecule is CNc1nc(C)cn1-c1ccc(C)cc1C. The summed E-state index contributed by atoms with van der Waals surface area (Å²) in [6.07, 6.45) is 2.05. The second kappa shape index (κ2) is 4.00. The Kier molecular flexibility index (Phi) is 2.69. The molecular weight excluding hydrogens is 198 g/mol. The number of hydrogen-bond donors (Lipinski definition) is 1. The highest BCUT2D eigenvalue weighted by Gasteiger charge is 2.07. The Morgan fingerprint density at radius 2 is 1.94 bits per heavy atom. The predicted molar refractivity (Wildman–Crippen MR) is 67.3 cm³/mol. The molecule has 0 amide bonds. The zero-order valence-electron chi connectivity index (χ0n) is 10.2. The average Bonchev–Trinajstić information content (AvgIpc) is 2.59. The predicted octanol–water partition coefficient (Wildman–Crippen LogP) is 2.84. The molecule has 1 heterocycles. The van der Waals surface area contributed by atoms with Crippen LogP contribution in [0, 0.1) is 20.8 Å². The number of rotatable bonds is 2. The second-order valence-corrected chi connectivity index (χ2v) is 4.12. The minimum Gasteiger partial charge on any atom is -0.358 e. The van der Waals surface area contributed by atoms with E-state index in [0.29, 0.717) is 0 Å². The number of nitrogens with one attached hydrogen (secondary N) is 1. The van der Waals surface area contributed by atoms with Crippen molar-refractivity contribution in [1.29, 1.82) is 0 Å². The minimum atomic E-state index is 0.879. The third-order valence-electron chi connectivity index (χ3n) is 2.66. The van der Waals surface area contributed by atoms with Gasteiger partial charge in [0.05, 0.1) is 11.4 Å². The van der Waals surface area contributed by atoms with E-state index in [1.165, 1.54) is 16.8 Å². The van der Waals surface area contributed by atoms with Crippen molar-refractivity contribution >= 4 is 5.95 Å². The molecule has 2 aromatic rings. The van der Waals surface area contributed by atoms with E-state index in [-0.39, 0.29) is 0 Å². The normalized spacial score (nSPS) is 10.5. The minimum absolute atomic E-state index is 0.879. The maximum Gasteiger partial charge on any atom is 0.207 e. The Morgan fingerprint density at radius 1 is 1.19 bits per heavy atom. The lowest BCUT2D eigenvalue weighted by molar-refractivity contribution is 1.04. The number of benzene rings is 1. The summed E-state index contributed by atoms with van der Waals surface area (Å²) in [5, 5.41) is 3.11. The Balaban J connectivity index is 2.57. The fourth-order valence-corrected chi connectivity index (χ4v) is 1.93. The first-order valence-electron chi connectivity index (χ1n) is 5.43. The highest BCUT2D eigenvalue weighted by atomic mass is 15.2. The van der Waals surface area contributed by atoms with Crippen molar-refractivity contribution in [2.24, 2.45) is 0 Å². The first-order valence-corrected chi connectivity index (χ1v) is 5.43. The van der Waals surface area contributed by atoms with Crippen LogP contribution in [0.25, 0.3) is 5.69 Å². The van der Waals surface area contributed by atoms with Gasteiger partial charge >= 0.3 is 0 Å². The summed E-state index contributed by atoms with van der Waals surface area (Å²) in [7, 11) is 1.89. The van der Waals surface area contributed by atoms with E-state index >= 15 is 0 Å². The lowest BCUT2D eigenvalue weighted by Crippen LogP contribution is -2.02. The molecule has 0 radical (unpaired) electrons. The summed E-state index contributed by atoms with van der Waals surface area (Å²) >= 11 is 0. The smallest absolute Gasteiger partial charge is 0.207 e. The van der Waals surface area contributed by atoms with E-state index in [9.17, 15) is 0 Å². The highest BCUT2D eigenvalue weighted by Crippen LogP contribution is 2.20. The van der Waals surface area contributed by atoms with Crippen LogP contribution in [0.5, 0.6) is 0 Å². The van der Waals surface area contributed by atoms with Gasteiger partial charge in [-0.25, -0.2) is 4.98 Å². The summed E-state index contributed by atoms with van der Waals surface area (Å²) in [4.78, 5) is 4.42. The molecule has 0 aliphatic heterocycles. The van der Waals surface area contributed by atoms with Gasteiger partial charge in [-0.05, 0) is 32.4 Å². The highest BCUT2D eigenvalue weighted by molar-refractivity contribution is 5.48. The van der Waals surface area contributed by atoms with Crippen LogP contribution in [0.2, 0.25) is 0 Å². The van der Waals surface area contributed by atoms with Gasteiger partial charge in [-0.3, -0.25) is 4.57 Å². The number of nitrogens with zero attached hydrogens (tertiary/aromatic N) is 2. The second-order valence-electron chi connectivity index (χ2n) is 4.12. The van der Waals surface area contributed by atoms with Crippen molar-refractivity contribution in [3.63, 3.8) is 0 Å². The van der Waals surface area contributed by atoms with Crippen molar-refractivity contribution in [3.05, 3.63) is 41.2 Å². The van der Waals surface area contributed by atoms with E-state index in [1.807, 2.05) is 20.2 Å². The monoisotopic (exact) mass is 215 g/mol. The van der Waals surface area contributed by atoms with Crippen molar-refractivity contribution in [3.8, 4) is 5.69 Å². The molecule has 3 heteroatoms. The van der Waals surface area contributed by atoms with Crippen molar-refractivity contribution in [1.82, 2.24) is 9.55 Å². The number of hydrogen-bond acceptors (Lipinski definition) is 2. The van der Waals surface area contributed by atoms with Crippen LogP contribution in [0.15, 0.2) is 24.4 Å². The Labute approximate surface area is 96.1 Å². The number of aromatic nitrogens is 2. The molecule has 0 bridgehead atoms. The fraction of sp³-hybridized carbons (Fsp3) is 0.308. The van der Waals surface area contributed by atoms with Gasteiger partial charge in [-0.2, -0.15) is 0 Å². The average molecular weight is 215 g/mol. The first kappa shape index (κ1) is 10.7. The van der Waals surface area contributed by atoms with Gasteiger partial charge in [0.25, 0.3) is 0 Å². The molecule has 0 aliphatic carbocycles. The van der Waals surface area contributed by atoms with Gasteiger partial charge in [0, 0.05) is 13.2 Å².